The Morgan fingerprint density at radius 2 is 1.90 bits per heavy atom. The number of nitrogens with zero attached hydrogens (tertiary/aromatic N) is 3. The van der Waals surface area contributed by atoms with Gasteiger partial charge in [0.1, 0.15) is 17.6 Å². The van der Waals surface area contributed by atoms with Crippen molar-refractivity contribution in [3.63, 3.8) is 0 Å². The van der Waals surface area contributed by atoms with Crippen LogP contribution in [-0.2, 0) is 24.3 Å². The van der Waals surface area contributed by atoms with Crippen molar-refractivity contribution in [1.29, 1.82) is 0 Å². The molecule has 1 atom stereocenters. The third-order valence-corrected chi connectivity index (χ3v) is 5.27. The molecule has 30 heavy (non-hydrogen) atoms. The zero-order valence-electron chi connectivity index (χ0n) is 18.0. The number of carbonyl (C=O) groups is 2. The van der Waals surface area contributed by atoms with Gasteiger partial charge in [-0.2, -0.15) is 0 Å². The standard InChI is InChI=1S/C22H31N5O3/c1-4-30-17-11-9-16(10-12-17)21(28)24-20(15(2)3)22(29)23-14-19-26-25-18-8-6-5-7-13-27(18)19/h9-12,15,20H,4-8,13-14H2,1-3H3,(H,23,29)(H,24,28)/t20-/m1/s1. The average molecular weight is 414 g/mol. The van der Waals surface area contributed by atoms with Gasteiger partial charge in [0.15, 0.2) is 5.82 Å². The van der Waals surface area contributed by atoms with E-state index in [0.717, 1.165) is 37.5 Å². The van der Waals surface area contributed by atoms with E-state index in [2.05, 4.69) is 25.4 Å². The third-order valence-electron chi connectivity index (χ3n) is 5.27. The van der Waals surface area contributed by atoms with Crippen molar-refractivity contribution in [3.05, 3.63) is 41.5 Å². The van der Waals surface area contributed by atoms with Crippen LogP contribution >= 0.6 is 0 Å². The number of hydrogen-bond acceptors (Lipinski definition) is 5. The van der Waals surface area contributed by atoms with Crippen LogP contribution in [0.3, 0.4) is 0 Å². The van der Waals surface area contributed by atoms with Gasteiger partial charge in [-0.15, -0.1) is 10.2 Å². The van der Waals surface area contributed by atoms with Crippen molar-refractivity contribution >= 4 is 11.8 Å². The molecule has 0 unspecified atom stereocenters. The molecule has 8 heteroatoms. The van der Waals surface area contributed by atoms with Crippen molar-refractivity contribution < 1.29 is 14.3 Å². The number of rotatable bonds is 8. The number of nitrogens with one attached hydrogen (secondary N) is 2. The lowest BCUT2D eigenvalue weighted by molar-refractivity contribution is -0.124. The number of aryl methyl sites for hydroxylation is 1. The topological polar surface area (TPSA) is 98.1 Å². The zero-order chi connectivity index (χ0) is 21.5. The molecule has 2 aromatic rings. The molecule has 2 amide bonds. The summed E-state index contributed by atoms with van der Waals surface area (Å²) in [6, 6.07) is 6.25. The Kier molecular flexibility index (Phi) is 7.43. The van der Waals surface area contributed by atoms with Gasteiger partial charge >= 0.3 is 0 Å². The van der Waals surface area contributed by atoms with Crippen LogP contribution in [0.2, 0.25) is 0 Å². The number of carbonyl (C=O) groups excluding carboxylic acids is 2. The van der Waals surface area contributed by atoms with Crippen LogP contribution in [0.4, 0.5) is 0 Å². The SMILES string of the molecule is CCOc1ccc(C(=O)N[C@@H](C(=O)NCc2nnc3n2CCCCC3)C(C)C)cc1. The summed E-state index contributed by atoms with van der Waals surface area (Å²) in [5, 5.41) is 14.3. The van der Waals surface area contributed by atoms with Crippen molar-refractivity contribution in [2.75, 3.05) is 6.61 Å². The second kappa shape index (κ2) is 10.2. The molecule has 3 rings (SSSR count). The van der Waals surface area contributed by atoms with Crippen molar-refractivity contribution in [2.45, 2.75) is 65.6 Å². The summed E-state index contributed by atoms with van der Waals surface area (Å²) in [5.74, 6) is 1.88. The van der Waals surface area contributed by atoms with E-state index >= 15 is 0 Å². The van der Waals surface area contributed by atoms with Gasteiger partial charge in [0.25, 0.3) is 5.91 Å². The molecule has 1 aromatic heterocycles. The van der Waals surface area contributed by atoms with Gasteiger partial charge in [0.2, 0.25) is 5.91 Å². The van der Waals surface area contributed by atoms with Crippen LogP contribution in [0.25, 0.3) is 0 Å². The molecule has 2 N–H and O–H groups in total. The van der Waals surface area contributed by atoms with E-state index in [9.17, 15) is 9.59 Å². The van der Waals surface area contributed by atoms with Gasteiger partial charge in [-0.05, 0) is 49.9 Å². The van der Waals surface area contributed by atoms with E-state index in [-0.39, 0.29) is 17.7 Å². The monoisotopic (exact) mass is 413 g/mol. The maximum absolute atomic E-state index is 12.8. The highest BCUT2D eigenvalue weighted by Gasteiger charge is 2.25. The van der Waals surface area contributed by atoms with Crippen LogP contribution < -0.4 is 15.4 Å². The molecule has 162 valence electrons. The van der Waals surface area contributed by atoms with E-state index in [4.69, 9.17) is 4.74 Å². The normalized spacial score (nSPS) is 14.5. The van der Waals surface area contributed by atoms with Crippen molar-refractivity contribution in [3.8, 4) is 5.75 Å². The molecule has 1 aliphatic heterocycles. The fourth-order valence-corrected chi connectivity index (χ4v) is 3.58. The van der Waals surface area contributed by atoms with Crippen LogP contribution in [0.5, 0.6) is 5.75 Å². The van der Waals surface area contributed by atoms with Gasteiger partial charge in [-0.3, -0.25) is 9.59 Å². The van der Waals surface area contributed by atoms with Crippen LogP contribution in [-0.4, -0.2) is 39.2 Å². The smallest absolute Gasteiger partial charge is 0.251 e. The maximum atomic E-state index is 12.8. The first-order valence-corrected chi connectivity index (χ1v) is 10.7. The van der Waals surface area contributed by atoms with Gasteiger partial charge in [0, 0.05) is 18.5 Å². The fraction of sp³-hybridized carbons (Fsp3) is 0.545. The molecule has 0 saturated heterocycles. The van der Waals surface area contributed by atoms with Crippen molar-refractivity contribution in [2.24, 2.45) is 5.92 Å². The second-order valence-corrected chi connectivity index (χ2v) is 7.87. The number of aromatic nitrogens is 3. The number of hydrogen-bond donors (Lipinski definition) is 2. The summed E-state index contributed by atoms with van der Waals surface area (Å²) in [4.78, 5) is 25.5. The minimum Gasteiger partial charge on any atom is -0.494 e. The largest absolute Gasteiger partial charge is 0.494 e. The Bertz CT molecular complexity index is 860. The van der Waals surface area contributed by atoms with Crippen LogP contribution in [0, 0.1) is 5.92 Å². The molecule has 0 fully saturated rings. The lowest BCUT2D eigenvalue weighted by atomic mass is 10.0. The van der Waals surface area contributed by atoms with E-state index in [1.165, 1.54) is 6.42 Å². The molecule has 2 heterocycles. The summed E-state index contributed by atoms with van der Waals surface area (Å²) >= 11 is 0. The third kappa shape index (κ3) is 5.37. The Labute approximate surface area is 177 Å². The molecule has 0 saturated carbocycles. The molecule has 0 bridgehead atoms. The lowest BCUT2D eigenvalue weighted by Gasteiger charge is -2.22. The molecule has 8 nitrogen and oxygen atoms in total. The molecule has 0 spiro atoms. The van der Waals surface area contributed by atoms with E-state index in [1.54, 1.807) is 24.3 Å². The minimum atomic E-state index is -0.643. The Hall–Kier alpha value is -2.90. The highest BCUT2D eigenvalue weighted by atomic mass is 16.5. The Morgan fingerprint density at radius 1 is 1.13 bits per heavy atom. The number of benzene rings is 1. The first-order valence-electron chi connectivity index (χ1n) is 10.7. The molecular formula is C22H31N5O3. The van der Waals surface area contributed by atoms with E-state index < -0.39 is 6.04 Å². The Morgan fingerprint density at radius 3 is 2.60 bits per heavy atom. The minimum absolute atomic E-state index is 0.0628. The highest BCUT2D eigenvalue weighted by molar-refractivity contribution is 5.97. The lowest BCUT2D eigenvalue weighted by Crippen LogP contribution is -2.49. The molecule has 0 radical (unpaired) electrons. The zero-order valence-corrected chi connectivity index (χ0v) is 18.0. The van der Waals surface area contributed by atoms with Gasteiger partial charge in [-0.25, -0.2) is 0 Å². The van der Waals surface area contributed by atoms with Crippen LogP contribution in [0.15, 0.2) is 24.3 Å². The molecular weight excluding hydrogens is 382 g/mol. The highest BCUT2D eigenvalue weighted by Crippen LogP contribution is 2.15. The predicted octanol–water partition coefficient (Wildman–Crippen LogP) is 2.47. The van der Waals surface area contributed by atoms with Gasteiger partial charge in [-0.1, -0.05) is 20.3 Å². The van der Waals surface area contributed by atoms with Crippen molar-refractivity contribution in [1.82, 2.24) is 25.4 Å². The van der Waals surface area contributed by atoms with Gasteiger partial charge < -0.3 is 19.9 Å². The summed E-state index contributed by atoms with van der Waals surface area (Å²) < 4.78 is 7.51. The number of amides is 2. The first-order chi connectivity index (χ1) is 14.5. The number of ether oxygens (including phenoxy) is 1. The van der Waals surface area contributed by atoms with E-state index in [1.807, 2.05) is 20.8 Å². The summed E-state index contributed by atoms with van der Waals surface area (Å²) in [6.45, 7) is 7.47. The van der Waals surface area contributed by atoms with E-state index in [0.29, 0.717) is 24.5 Å². The van der Waals surface area contributed by atoms with Crippen LogP contribution in [0.1, 0.15) is 62.0 Å². The average Bonchev–Trinajstić information content (AvgIpc) is 2.96. The predicted molar refractivity (Wildman–Crippen MR) is 113 cm³/mol. The second-order valence-electron chi connectivity index (χ2n) is 7.87. The molecule has 1 aliphatic rings. The summed E-state index contributed by atoms with van der Waals surface area (Å²) in [6.07, 6.45) is 4.33. The summed E-state index contributed by atoms with van der Waals surface area (Å²) in [7, 11) is 0. The first kappa shape index (κ1) is 21.8. The van der Waals surface area contributed by atoms with Gasteiger partial charge in [0.05, 0.1) is 13.2 Å². The Balaban J connectivity index is 1.61. The fourth-order valence-electron chi connectivity index (χ4n) is 3.58. The summed E-state index contributed by atoms with van der Waals surface area (Å²) in [5.41, 5.74) is 0.486. The molecule has 0 aliphatic carbocycles. The number of fused-ring (bicyclic) bond motifs is 1. The maximum Gasteiger partial charge on any atom is 0.251 e. The quantitative estimate of drug-likeness (QED) is 0.693. The molecule has 1 aromatic carbocycles.